The minimum Gasteiger partial charge on any atom is -0.461 e. The lowest BCUT2D eigenvalue weighted by atomic mass is 10.1. The van der Waals surface area contributed by atoms with Crippen molar-refractivity contribution >= 4 is 5.91 Å². The molecule has 0 unspecified atom stereocenters. The van der Waals surface area contributed by atoms with Gasteiger partial charge in [0.15, 0.2) is 0 Å². The average molecular weight is 309 g/mol. The molecule has 1 amide bonds. The molecule has 2 aromatic carbocycles. The molecule has 0 aliphatic heterocycles. The molecule has 116 valence electrons. The Kier molecular flexibility index (Phi) is 4.24. The third kappa shape index (κ3) is 3.48. The Morgan fingerprint density at radius 3 is 2.48 bits per heavy atom. The van der Waals surface area contributed by atoms with E-state index in [-0.39, 0.29) is 11.7 Å². The van der Waals surface area contributed by atoms with Crippen LogP contribution in [0.2, 0.25) is 0 Å². The van der Waals surface area contributed by atoms with Gasteiger partial charge in [-0.3, -0.25) is 4.79 Å². The Morgan fingerprint density at radius 2 is 1.78 bits per heavy atom. The molecule has 3 rings (SSSR count). The van der Waals surface area contributed by atoms with Crippen molar-refractivity contribution in [3.05, 3.63) is 83.4 Å². The van der Waals surface area contributed by atoms with Crippen LogP contribution in [0.15, 0.2) is 65.1 Å². The van der Waals surface area contributed by atoms with Crippen LogP contribution in [0.3, 0.4) is 0 Å². The second kappa shape index (κ2) is 6.48. The fraction of sp³-hybridized carbons (Fsp3) is 0.105. The van der Waals surface area contributed by atoms with Gasteiger partial charge in [0.1, 0.15) is 17.3 Å². The molecular weight excluding hydrogens is 293 g/mol. The number of benzene rings is 2. The highest BCUT2D eigenvalue weighted by molar-refractivity contribution is 5.96. The molecule has 3 nitrogen and oxygen atoms in total. The normalized spacial score (nSPS) is 10.5. The fourth-order valence-electron chi connectivity index (χ4n) is 2.34. The number of hydrogen-bond donors (Lipinski definition) is 1. The summed E-state index contributed by atoms with van der Waals surface area (Å²) in [7, 11) is 0. The molecule has 0 fully saturated rings. The maximum atomic E-state index is 13.0. The number of halogens is 1. The first kappa shape index (κ1) is 15.0. The van der Waals surface area contributed by atoms with E-state index < -0.39 is 0 Å². The number of carbonyl (C=O) groups is 1. The van der Waals surface area contributed by atoms with Gasteiger partial charge in [0, 0.05) is 12.1 Å². The van der Waals surface area contributed by atoms with E-state index in [4.69, 9.17) is 4.42 Å². The van der Waals surface area contributed by atoms with Gasteiger partial charge in [-0.1, -0.05) is 30.3 Å². The predicted octanol–water partition coefficient (Wildman–Crippen LogP) is 4.32. The van der Waals surface area contributed by atoms with Crippen LogP contribution in [0.25, 0.3) is 11.3 Å². The SMILES string of the molecule is Cc1oc(-c2ccc(F)cc2)cc1C(=O)NCc1ccccc1. The standard InChI is InChI=1S/C19H16FNO2/c1-13-17(19(22)21-12-14-5-3-2-4-6-14)11-18(23-13)15-7-9-16(20)10-8-15/h2-11H,12H2,1H3,(H,21,22). The summed E-state index contributed by atoms with van der Waals surface area (Å²) >= 11 is 0. The van der Waals surface area contributed by atoms with Crippen molar-refractivity contribution in [3.8, 4) is 11.3 Å². The molecular formula is C19H16FNO2. The largest absolute Gasteiger partial charge is 0.461 e. The summed E-state index contributed by atoms with van der Waals surface area (Å²) in [6.45, 7) is 2.20. The Labute approximate surface area is 133 Å². The minimum absolute atomic E-state index is 0.191. The highest BCUT2D eigenvalue weighted by Gasteiger charge is 2.15. The second-order valence-corrected chi connectivity index (χ2v) is 5.26. The van der Waals surface area contributed by atoms with Crippen LogP contribution in [0.1, 0.15) is 21.7 Å². The summed E-state index contributed by atoms with van der Waals surface area (Å²) in [5.74, 6) is 0.587. The van der Waals surface area contributed by atoms with Crippen molar-refractivity contribution in [3.63, 3.8) is 0 Å². The van der Waals surface area contributed by atoms with Gasteiger partial charge in [-0.15, -0.1) is 0 Å². The van der Waals surface area contributed by atoms with E-state index in [1.54, 1.807) is 25.1 Å². The number of carbonyl (C=O) groups excluding carboxylic acids is 1. The highest BCUT2D eigenvalue weighted by atomic mass is 19.1. The second-order valence-electron chi connectivity index (χ2n) is 5.26. The van der Waals surface area contributed by atoms with Crippen molar-refractivity contribution in [2.24, 2.45) is 0 Å². The Morgan fingerprint density at radius 1 is 1.09 bits per heavy atom. The van der Waals surface area contributed by atoms with Gasteiger partial charge in [-0.2, -0.15) is 0 Å². The maximum absolute atomic E-state index is 13.0. The van der Waals surface area contributed by atoms with E-state index in [1.165, 1.54) is 12.1 Å². The van der Waals surface area contributed by atoms with Gasteiger partial charge in [0.25, 0.3) is 5.91 Å². The van der Waals surface area contributed by atoms with Crippen molar-refractivity contribution in [1.82, 2.24) is 5.32 Å². The van der Waals surface area contributed by atoms with Gasteiger partial charge < -0.3 is 9.73 Å². The van der Waals surface area contributed by atoms with Crippen LogP contribution in [0, 0.1) is 12.7 Å². The molecule has 0 bridgehead atoms. The summed E-state index contributed by atoms with van der Waals surface area (Å²) < 4.78 is 18.6. The van der Waals surface area contributed by atoms with Crippen LogP contribution in [-0.4, -0.2) is 5.91 Å². The van der Waals surface area contributed by atoms with Crippen molar-refractivity contribution in [2.45, 2.75) is 13.5 Å². The van der Waals surface area contributed by atoms with Crippen LogP contribution >= 0.6 is 0 Å². The van der Waals surface area contributed by atoms with E-state index in [2.05, 4.69) is 5.32 Å². The monoisotopic (exact) mass is 309 g/mol. The van der Waals surface area contributed by atoms with Gasteiger partial charge >= 0.3 is 0 Å². The van der Waals surface area contributed by atoms with E-state index in [0.29, 0.717) is 23.6 Å². The third-order valence-corrected chi connectivity index (χ3v) is 3.59. The number of rotatable bonds is 4. The first-order valence-electron chi connectivity index (χ1n) is 7.32. The predicted molar refractivity (Wildman–Crippen MR) is 86.5 cm³/mol. The van der Waals surface area contributed by atoms with E-state index in [9.17, 15) is 9.18 Å². The van der Waals surface area contributed by atoms with Crippen LogP contribution in [0.4, 0.5) is 4.39 Å². The Balaban J connectivity index is 1.75. The molecule has 1 heterocycles. The van der Waals surface area contributed by atoms with Crippen LogP contribution in [0.5, 0.6) is 0 Å². The molecule has 0 saturated heterocycles. The smallest absolute Gasteiger partial charge is 0.255 e. The summed E-state index contributed by atoms with van der Waals surface area (Å²) in [5, 5.41) is 2.87. The molecule has 3 aromatic rings. The average Bonchev–Trinajstić information content (AvgIpc) is 2.96. The van der Waals surface area contributed by atoms with Crippen molar-refractivity contribution in [1.29, 1.82) is 0 Å². The Hall–Kier alpha value is -2.88. The number of aryl methyl sites for hydroxylation is 1. The minimum atomic E-state index is -0.308. The lowest BCUT2D eigenvalue weighted by Crippen LogP contribution is -2.22. The first-order chi connectivity index (χ1) is 11.1. The first-order valence-corrected chi connectivity index (χ1v) is 7.32. The zero-order chi connectivity index (χ0) is 16.2. The molecule has 1 aromatic heterocycles. The van der Waals surface area contributed by atoms with Gasteiger partial charge in [-0.25, -0.2) is 4.39 Å². The number of amides is 1. The molecule has 0 saturated carbocycles. The number of nitrogens with one attached hydrogen (secondary N) is 1. The molecule has 0 atom stereocenters. The third-order valence-electron chi connectivity index (χ3n) is 3.59. The molecule has 23 heavy (non-hydrogen) atoms. The van der Waals surface area contributed by atoms with Crippen molar-refractivity contribution < 1.29 is 13.6 Å². The summed E-state index contributed by atoms with van der Waals surface area (Å²) in [6, 6.07) is 17.3. The maximum Gasteiger partial charge on any atom is 0.255 e. The van der Waals surface area contributed by atoms with E-state index >= 15 is 0 Å². The Bertz CT molecular complexity index is 807. The molecule has 0 aliphatic rings. The molecule has 1 N–H and O–H groups in total. The van der Waals surface area contributed by atoms with Gasteiger partial charge in [-0.05, 0) is 42.8 Å². The summed E-state index contributed by atoms with van der Waals surface area (Å²) in [5.41, 5.74) is 2.25. The number of furan rings is 1. The lowest BCUT2D eigenvalue weighted by Gasteiger charge is -2.03. The molecule has 0 aliphatic carbocycles. The van der Waals surface area contributed by atoms with E-state index in [1.807, 2.05) is 30.3 Å². The zero-order valence-electron chi connectivity index (χ0n) is 12.7. The van der Waals surface area contributed by atoms with Crippen molar-refractivity contribution in [2.75, 3.05) is 0 Å². The molecule has 0 spiro atoms. The highest BCUT2D eigenvalue weighted by Crippen LogP contribution is 2.25. The summed E-state index contributed by atoms with van der Waals surface area (Å²) in [6.07, 6.45) is 0. The van der Waals surface area contributed by atoms with Crippen LogP contribution < -0.4 is 5.32 Å². The van der Waals surface area contributed by atoms with Crippen LogP contribution in [-0.2, 0) is 6.54 Å². The lowest BCUT2D eigenvalue weighted by molar-refractivity contribution is 0.0949. The zero-order valence-corrected chi connectivity index (χ0v) is 12.7. The van der Waals surface area contributed by atoms with Gasteiger partial charge in [0.05, 0.1) is 5.56 Å². The van der Waals surface area contributed by atoms with Gasteiger partial charge in [0.2, 0.25) is 0 Å². The van der Waals surface area contributed by atoms with E-state index in [0.717, 1.165) is 11.1 Å². The molecule has 4 heteroatoms. The fourth-order valence-corrected chi connectivity index (χ4v) is 2.34. The summed E-state index contributed by atoms with van der Waals surface area (Å²) in [4.78, 5) is 12.3. The molecule has 0 radical (unpaired) electrons. The quantitative estimate of drug-likeness (QED) is 0.779. The topological polar surface area (TPSA) is 42.2 Å². The number of hydrogen-bond acceptors (Lipinski definition) is 2.